The number of hydrogen-bond donors (Lipinski definition) is 0. The second-order valence-electron chi connectivity index (χ2n) is 6.27. The molecule has 4 nitrogen and oxygen atoms in total. The Balaban J connectivity index is 1.67. The van der Waals surface area contributed by atoms with Crippen molar-refractivity contribution >= 4 is 21.9 Å². The molecule has 2 aromatic heterocycles. The maximum atomic E-state index is 6.00. The average molecular weight is 338 g/mol. The van der Waals surface area contributed by atoms with E-state index >= 15 is 0 Å². The second-order valence-corrected chi connectivity index (χ2v) is 6.27. The van der Waals surface area contributed by atoms with Crippen molar-refractivity contribution in [3.8, 4) is 22.8 Å². The fourth-order valence-corrected chi connectivity index (χ4v) is 3.26. The van der Waals surface area contributed by atoms with E-state index < -0.39 is 0 Å². The lowest BCUT2D eigenvalue weighted by atomic mass is 10.1. The largest absolute Gasteiger partial charge is 0.456 e. The van der Waals surface area contributed by atoms with Crippen LogP contribution >= 0.6 is 0 Å². The summed E-state index contributed by atoms with van der Waals surface area (Å²) >= 11 is 0. The molecule has 1 N–H and O–H groups in total. The van der Waals surface area contributed by atoms with E-state index in [-0.39, 0.29) is 0 Å². The molecule has 0 aliphatic carbocycles. The molecule has 5 rings (SSSR count). The van der Waals surface area contributed by atoms with Gasteiger partial charge < -0.3 is 4.42 Å². The van der Waals surface area contributed by atoms with Gasteiger partial charge in [0, 0.05) is 17.7 Å². The van der Waals surface area contributed by atoms with Crippen LogP contribution in [-0.2, 0) is 0 Å². The van der Waals surface area contributed by atoms with Crippen molar-refractivity contribution in [2.45, 2.75) is 6.92 Å². The van der Waals surface area contributed by atoms with E-state index in [1.54, 1.807) is 0 Å². The van der Waals surface area contributed by atoms with Crippen molar-refractivity contribution < 1.29 is 9.40 Å². The van der Waals surface area contributed by atoms with Crippen LogP contribution in [0.2, 0.25) is 0 Å². The lowest BCUT2D eigenvalue weighted by molar-refractivity contribution is -0.360. The van der Waals surface area contributed by atoms with Crippen LogP contribution in [0.25, 0.3) is 44.7 Å². The molecule has 124 valence electrons. The molecule has 0 bridgehead atoms. The first kappa shape index (κ1) is 14.8. The molecule has 0 radical (unpaired) electrons. The summed E-state index contributed by atoms with van der Waals surface area (Å²) in [7, 11) is 0. The number of aromatic amines is 1. The molecule has 26 heavy (non-hydrogen) atoms. The second kappa shape index (κ2) is 5.77. The van der Waals surface area contributed by atoms with Gasteiger partial charge in [-0.05, 0) is 36.4 Å². The number of furan rings is 1. The minimum Gasteiger partial charge on any atom is -0.456 e. The zero-order valence-corrected chi connectivity index (χ0v) is 14.2. The number of nitrogens with zero attached hydrogens (tertiary/aromatic N) is 2. The van der Waals surface area contributed by atoms with Crippen LogP contribution in [0.4, 0.5) is 0 Å². The molecule has 3 aromatic carbocycles. The van der Waals surface area contributed by atoms with Crippen LogP contribution < -0.4 is 4.98 Å². The quantitative estimate of drug-likeness (QED) is 0.463. The number of para-hydroxylation sites is 1. The van der Waals surface area contributed by atoms with Crippen LogP contribution in [0.3, 0.4) is 0 Å². The highest BCUT2D eigenvalue weighted by Gasteiger charge is 2.17. The lowest BCUT2D eigenvalue weighted by Gasteiger charge is -2.00. The molecule has 4 heteroatoms. The standard InChI is InChI=1S/C22H15N3O/c1-14-23-21(15-7-3-2-4-8-15)25-22(24-14)16-11-12-18-17-9-5-6-10-19(17)26-20(18)13-16/h2-13H,1H3/p+1. The molecule has 0 saturated carbocycles. The fraction of sp³-hybridized carbons (Fsp3) is 0.0455. The molecule has 5 aromatic rings. The summed E-state index contributed by atoms with van der Waals surface area (Å²) in [5, 5.41) is 2.24. The van der Waals surface area contributed by atoms with Gasteiger partial charge in [-0.15, -0.1) is 0 Å². The van der Waals surface area contributed by atoms with Gasteiger partial charge in [0.2, 0.25) is 0 Å². The van der Waals surface area contributed by atoms with Crippen molar-refractivity contribution in [1.82, 2.24) is 9.97 Å². The van der Waals surface area contributed by atoms with Crippen molar-refractivity contribution in [1.29, 1.82) is 0 Å². The molecule has 0 aliphatic heterocycles. The Labute approximate surface area is 150 Å². The molecule has 0 aliphatic rings. The topological polar surface area (TPSA) is 53.1 Å². The van der Waals surface area contributed by atoms with Crippen LogP contribution in [0.15, 0.2) is 77.2 Å². The van der Waals surface area contributed by atoms with Gasteiger partial charge in [-0.1, -0.05) is 46.4 Å². The minimum absolute atomic E-state index is 0.724. The Kier molecular flexibility index (Phi) is 3.28. The Morgan fingerprint density at radius 2 is 1.38 bits per heavy atom. The number of benzene rings is 3. The smallest absolute Gasteiger partial charge is 0.274 e. The molecule has 0 amide bonds. The van der Waals surface area contributed by atoms with Crippen molar-refractivity contribution in [3.05, 3.63) is 78.6 Å². The van der Waals surface area contributed by atoms with Crippen molar-refractivity contribution in [3.63, 3.8) is 0 Å². The summed E-state index contributed by atoms with van der Waals surface area (Å²) in [6.07, 6.45) is 0. The lowest BCUT2D eigenvalue weighted by Crippen LogP contribution is -2.17. The number of hydrogen-bond acceptors (Lipinski definition) is 3. The molecule has 2 heterocycles. The first-order valence-electron chi connectivity index (χ1n) is 8.53. The van der Waals surface area contributed by atoms with Gasteiger partial charge in [-0.2, -0.15) is 0 Å². The van der Waals surface area contributed by atoms with Gasteiger partial charge in [-0.25, -0.2) is 4.98 Å². The predicted molar refractivity (Wildman–Crippen MR) is 101 cm³/mol. The summed E-state index contributed by atoms with van der Waals surface area (Å²) in [6, 6.07) is 24.3. The molecule has 0 saturated heterocycles. The summed E-state index contributed by atoms with van der Waals surface area (Å²) in [6.45, 7) is 1.91. The Hall–Kier alpha value is -3.53. The Morgan fingerprint density at radius 3 is 2.23 bits per heavy atom. The Morgan fingerprint density at radius 1 is 0.692 bits per heavy atom. The normalized spacial score (nSPS) is 11.3. The molecule has 0 fully saturated rings. The monoisotopic (exact) mass is 338 g/mol. The van der Waals surface area contributed by atoms with E-state index in [0.717, 1.165) is 50.5 Å². The number of fused-ring (bicyclic) bond motifs is 3. The maximum Gasteiger partial charge on any atom is 0.274 e. The third-order valence-electron chi connectivity index (χ3n) is 4.48. The van der Waals surface area contributed by atoms with Crippen LogP contribution in [0, 0.1) is 6.92 Å². The number of H-pyrrole nitrogens is 1. The van der Waals surface area contributed by atoms with E-state index in [1.165, 1.54) is 0 Å². The van der Waals surface area contributed by atoms with Gasteiger partial charge in [0.1, 0.15) is 11.2 Å². The number of nitrogens with one attached hydrogen (secondary N) is 1. The SMILES string of the molecule is Cc1nc(-c2ccccc2)[nH+]c(-c2ccc3c(c2)oc2ccccc23)n1. The molecule has 0 spiro atoms. The highest BCUT2D eigenvalue weighted by atomic mass is 16.3. The molecular weight excluding hydrogens is 322 g/mol. The van der Waals surface area contributed by atoms with E-state index in [4.69, 9.17) is 4.42 Å². The third kappa shape index (κ3) is 2.43. The zero-order chi connectivity index (χ0) is 17.5. The van der Waals surface area contributed by atoms with E-state index in [0.29, 0.717) is 0 Å². The predicted octanol–water partition coefficient (Wildman–Crippen LogP) is 4.83. The third-order valence-corrected chi connectivity index (χ3v) is 4.48. The van der Waals surface area contributed by atoms with Crippen LogP contribution in [-0.4, -0.2) is 9.97 Å². The van der Waals surface area contributed by atoms with Crippen LogP contribution in [0.5, 0.6) is 0 Å². The molecule has 0 atom stereocenters. The first-order valence-corrected chi connectivity index (χ1v) is 8.53. The van der Waals surface area contributed by atoms with Crippen molar-refractivity contribution in [2.75, 3.05) is 0 Å². The van der Waals surface area contributed by atoms with Crippen molar-refractivity contribution in [2.24, 2.45) is 0 Å². The number of rotatable bonds is 2. The minimum atomic E-state index is 0.724. The maximum absolute atomic E-state index is 6.00. The zero-order valence-electron chi connectivity index (χ0n) is 14.2. The fourth-order valence-electron chi connectivity index (χ4n) is 3.26. The van der Waals surface area contributed by atoms with Gasteiger partial charge in [0.25, 0.3) is 17.5 Å². The number of aryl methyl sites for hydroxylation is 1. The van der Waals surface area contributed by atoms with Crippen LogP contribution in [0.1, 0.15) is 5.82 Å². The summed E-state index contributed by atoms with van der Waals surface area (Å²) in [5.74, 6) is 2.30. The Bertz CT molecular complexity index is 1240. The average Bonchev–Trinajstić information content (AvgIpc) is 3.06. The first-order chi connectivity index (χ1) is 12.8. The van der Waals surface area contributed by atoms with Gasteiger partial charge in [0.05, 0.1) is 11.1 Å². The van der Waals surface area contributed by atoms with Gasteiger partial charge >= 0.3 is 0 Å². The molecule has 0 unspecified atom stereocenters. The highest BCUT2D eigenvalue weighted by molar-refractivity contribution is 6.05. The van der Waals surface area contributed by atoms with Gasteiger partial charge in [0.15, 0.2) is 0 Å². The van der Waals surface area contributed by atoms with E-state index in [1.807, 2.05) is 61.5 Å². The number of aromatic nitrogens is 3. The summed E-state index contributed by atoms with van der Waals surface area (Å²) in [5.41, 5.74) is 3.76. The molecular formula is C22H16N3O+. The van der Waals surface area contributed by atoms with Gasteiger partial charge in [-0.3, -0.25) is 0 Å². The summed E-state index contributed by atoms with van der Waals surface area (Å²) < 4.78 is 6.00. The highest BCUT2D eigenvalue weighted by Crippen LogP contribution is 2.30. The van der Waals surface area contributed by atoms with E-state index in [9.17, 15) is 0 Å². The van der Waals surface area contributed by atoms with E-state index in [2.05, 4.69) is 33.2 Å². The summed E-state index contributed by atoms with van der Waals surface area (Å²) in [4.78, 5) is 12.5.